The van der Waals surface area contributed by atoms with Crippen LogP contribution < -0.4 is 10.6 Å². The normalized spacial score (nSPS) is 26.8. The highest BCUT2D eigenvalue weighted by atomic mass is 32.2. The van der Waals surface area contributed by atoms with E-state index < -0.39 is 10.8 Å². The van der Waals surface area contributed by atoms with Crippen molar-refractivity contribution in [1.82, 2.24) is 15.5 Å². The van der Waals surface area contributed by atoms with Crippen molar-refractivity contribution in [2.24, 2.45) is 4.99 Å². The van der Waals surface area contributed by atoms with Gasteiger partial charge in [-0.15, -0.1) is 0 Å². The van der Waals surface area contributed by atoms with Gasteiger partial charge in [-0.05, 0) is 38.5 Å². The molecule has 1 aliphatic carbocycles. The second-order valence-corrected chi connectivity index (χ2v) is 8.67. The lowest BCUT2D eigenvalue weighted by atomic mass is 9.95. The van der Waals surface area contributed by atoms with E-state index >= 15 is 0 Å². The summed E-state index contributed by atoms with van der Waals surface area (Å²) in [5.41, 5.74) is 0. The number of hydrogen-bond donors (Lipinski definition) is 2. The van der Waals surface area contributed by atoms with Crippen molar-refractivity contribution in [2.75, 3.05) is 32.4 Å². The molecule has 0 aromatic rings. The molecular weight excluding hydrogens is 324 g/mol. The van der Waals surface area contributed by atoms with Gasteiger partial charge in [0.05, 0.1) is 6.54 Å². The van der Waals surface area contributed by atoms with Gasteiger partial charge < -0.3 is 15.5 Å². The Morgan fingerprint density at radius 1 is 1.21 bits per heavy atom. The van der Waals surface area contributed by atoms with Crippen LogP contribution in [0.25, 0.3) is 0 Å². The van der Waals surface area contributed by atoms with Gasteiger partial charge in [0.2, 0.25) is 5.91 Å². The number of piperidine rings is 1. The Kier molecular flexibility index (Phi) is 8.02. The highest BCUT2D eigenvalue weighted by Gasteiger charge is 2.26. The van der Waals surface area contributed by atoms with Crippen molar-refractivity contribution in [3.05, 3.63) is 0 Å². The molecule has 0 spiro atoms. The van der Waals surface area contributed by atoms with Crippen molar-refractivity contribution in [3.8, 4) is 0 Å². The molecule has 2 fully saturated rings. The number of rotatable bonds is 5. The van der Waals surface area contributed by atoms with E-state index in [1.807, 2.05) is 11.8 Å². The van der Waals surface area contributed by atoms with Gasteiger partial charge in [-0.25, -0.2) is 0 Å². The Morgan fingerprint density at radius 3 is 2.62 bits per heavy atom. The summed E-state index contributed by atoms with van der Waals surface area (Å²) in [6, 6.07) is 0.288. The number of guanidine groups is 1. The lowest BCUT2D eigenvalue weighted by Gasteiger charge is -2.30. The van der Waals surface area contributed by atoms with Crippen LogP contribution in [0.3, 0.4) is 0 Å². The van der Waals surface area contributed by atoms with E-state index in [1.54, 1.807) is 7.05 Å². The van der Waals surface area contributed by atoms with Gasteiger partial charge in [-0.1, -0.05) is 13.3 Å². The molecule has 138 valence electrons. The van der Waals surface area contributed by atoms with Crippen LogP contribution in [-0.2, 0) is 15.6 Å². The molecule has 3 atom stereocenters. The number of carbonyl (C=O) groups is 1. The number of nitrogens with zero attached hydrogens (tertiary/aromatic N) is 2. The highest BCUT2D eigenvalue weighted by Crippen LogP contribution is 2.22. The molecule has 0 aromatic heterocycles. The van der Waals surface area contributed by atoms with Crippen LogP contribution in [0.2, 0.25) is 0 Å². The molecule has 1 saturated heterocycles. The van der Waals surface area contributed by atoms with Crippen LogP contribution in [0.15, 0.2) is 4.99 Å². The lowest BCUT2D eigenvalue weighted by molar-refractivity contribution is -0.130. The molecule has 6 nitrogen and oxygen atoms in total. The maximum absolute atomic E-state index is 12.2. The van der Waals surface area contributed by atoms with Crippen LogP contribution >= 0.6 is 0 Å². The molecule has 0 aromatic carbocycles. The van der Waals surface area contributed by atoms with Gasteiger partial charge >= 0.3 is 0 Å². The molecule has 1 aliphatic heterocycles. The second-order valence-electron chi connectivity index (χ2n) is 6.67. The van der Waals surface area contributed by atoms with E-state index in [9.17, 15) is 9.00 Å². The van der Waals surface area contributed by atoms with Crippen molar-refractivity contribution >= 4 is 22.7 Å². The second kappa shape index (κ2) is 10.0. The predicted molar refractivity (Wildman–Crippen MR) is 99.7 cm³/mol. The number of likely N-dealkylation sites (tertiary alicyclic amines) is 1. The fourth-order valence-corrected chi connectivity index (χ4v) is 4.90. The molecule has 0 bridgehead atoms. The van der Waals surface area contributed by atoms with Crippen LogP contribution in [0, 0.1) is 0 Å². The first-order valence-electron chi connectivity index (χ1n) is 9.26. The maximum Gasteiger partial charge on any atom is 0.241 e. The molecule has 3 unspecified atom stereocenters. The van der Waals surface area contributed by atoms with E-state index in [1.165, 1.54) is 6.42 Å². The smallest absolute Gasteiger partial charge is 0.241 e. The zero-order valence-electron chi connectivity index (χ0n) is 15.1. The minimum absolute atomic E-state index is 0.145. The third-order valence-electron chi connectivity index (χ3n) is 4.96. The van der Waals surface area contributed by atoms with Gasteiger partial charge in [0.15, 0.2) is 5.96 Å². The van der Waals surface area contributed by atoms with E-state index in [0.29, 0.717) is 5.96 Å². The molecule has 2 rings (SSSR count). The molecular formula is C17H32N4O2S. The quantitative estimate of drug-likeness (QED) is 0.574. The van der Waals surface area contributed by atoms with Crippen LogP contribution in [0.4, 0.5) is 0 Å². The van der Waals surface area contributed by atoms with Crippen molar-refractivity contribution in [3.63, 3.8) is 0 Å². The molecule has 2 aliphatic rings. The summed E-state index contributed by atoms with van der Waals surface area (Å²) in [6.45, 7) is 4.02. The van der Waals surface area contributed by atoms with E-state index in [-0.39, 0.29) is 23.7 Å². The zero-order chi connectivity index (χ0) is 17.4. The SMILES string of the molecule is CCS(=O)C1CCCC(NC(=NC)NCC(=O)N2CCCCC2)C1. The molecule has 1 amide bonds. The Hall–Kier alpha value is -1.11. The van der Waals surface area contributed by atoms with E-state index in [0.717, 1.165) is 57.4 Å². The summed E-state index contributed by atoms with van der Waals surface area (Å²) in [4.78, 5) is 18.4. The van der Waals surface area contributed by atoms with Gasteiger partial charge in [-0.3, -0.25) is 14.0 Å². The van der Waals surface area contributed by atoms with Crippen LogP contribution in [0.1, 0.15) is 51.9 Å². The Labute approximate surface area is 148 Å². The maximum atomic E-state index is 12.2. The van der Waals surface area contributed by atoms with E-state index in [2.05, 4.69) is 15.6 Å². The summed E-state index contributed by atoms with van der Waals surface area (Å²) in [5.74, 6) is 1.55. The number of aliphatic imine (C=N–C) groups is 1. The topological polar surface area (TPSA) is 73.8 Å². The van der Waals surface area contributed by atoms with Crippen molar-refractivity contribution in [2.45, 2.75) is 63.2 Å². The molecule has 1 saturated carbocycles. The fraction of sp³-hybridized carbons (Fsp3) is 0.882. The fourth-order valence-electron chi connectivity index (χ4n) is 3.55. The average Bonchev–Trinajstić information content (AvgIpc) is 2.65. The van der Waals surface area contributed by atoms with Crippen LogP contribution in [0.5, 0.6) is 0 Å². The zero-order valence-corrected chi connectivity index (χ0v) is 15.9. The first-order chi connectivity index (χ1) is 11.6. The van der Waals surface area contributed by atoms with Crippen molar-refractivity contribution < 1.29 is 9.00 Å². The minimum Gasteiger partial charge on any atom is -0.354 e. The van der Waals surface area contributed by atoms with Gasteiger partial charge in [0.1, 0.15) is 0 Å². The largest absolute Gasteiger partial charge is 0.354 e. The molecule has 7 heteroatoms. The third-order valence-corrected chi connectivity index (χ3v) is 6.70. The summed E-state index contributed by atoms with van der Waals surface area (Å²) in [5, 5.41) is 6.84. The third kappa shape index (κ3) is 5.76. The highest BCUT2D eigenvalue weighted by molar-refractivity contribution is 7.85. The minimum atomic E-state index is -0.726. The summed E-state index contributed by atoms with van der Waals surface area (Å²) >= 11 is 0. The molecule has 1 heterocycles. The standard InChI is InChI=1S/C17H32N4O2S/c1-3-24(23)15-9-7-8-14(12-15)20-17(18-2)19-13-16(22)21-10-5-4-6-11-21/h14-15H,3-13H2,1-2H3,(H2,18,19,20). The molecule has 2 N–H and O–H groups in total. The Balaban J connectivity index is 1.77. The summed E-state index contributed by atoms with van der Waals surface area (Å²) in [7, 11) is 1.00. The number of nitrogens with one attached hydrogen (secondary N) is 2. The number of amides is 1. The summed E-state index contributed by atoms with van der Waals surface area (Å²) in [6.07, 6.45) is 7.57. The number of hydrogen-bond acceptors (Lipinski definition) is 3. The lowest BCUT2D eigenvalue weighted by Crippen LogP contribution is -2.50. The van der Waals surface area contributed by atoms with Gasteiger partial charge in [0.25, 0.3) is 0 Å². The first-order valence-corrected chi connectivity index (χ1v) is 10.6. The molecule has 24 heavy (non-hydrogen) atoms. The number of carbonyl (C=O) groups excluding carboxylic acids is 1. The monoisotopic (exact) mass is 356 g/mol. The van der Waals surface area contributed by atoms with Crippen molar-refractivity contribution in [1.29, 1.82) is 0 Å². The molecule has 0 radical (unpaired) electrons. The average molecular weight is 357 g/mol. The Bertz CT molecular complexity index is 464. The predicted octanol–water partition coefficient (Wildman–Crippen LogP) is 1.24. The van der Waals surface area contributed by atoms with Crippen LogP contribution in [-0.4, -0.2) is 64.7 Å². The van der Waals surface area contributed by atoms with Gasteiger partial charge in [0, 0.05) is 48.0 Å². The summed E-state index contributed by atoms with van der Waals surface area (Å²) < 4.78 is 12.0. The first kappa shape index (κ1) is 19.2. The van der Waals surface area contributed by atoms with Gasteiger partial charge in [-0.2, -0.15) is 0 Å². The van der Waals surface area contributed by atoms with E-state index in [4.69, 9.17) is 0 Å². The Morgan fingerprint density at radius 2 is 1.96 bits per heavy atom.